The van der Waals surface area contributed by atoms with Crippen molar-refractivity contribution in [2.45, 2.75) is 140 Å². The first kappa shape index (κ1) is 33.7. The van der Waals surface area contributed by atoms with Crippen molar-refractivity contribution in [1.82, 2.24) is 0 Å². The van der Waals surface area contributed by atoms with Gasteiger partial charge in [-0.25, -0.2) is 0 Å². The van der Waals surface area contributed by atoms with Crippen LogP contribution in [0.5, 0.6) is 0 Å². The molecule has 4 heterocycles. The Morgan fingerprint density at radius 3 is 2.07 bits per heavy atom. The van der Waals surface area contributed by atoms with E-state index in [2.05, 4.69) is 10.0 Å². The average molecular weight is 606 g/mol. The van der Waals surface area contributed by atoms with Crippen LogP contribution in [0.25, 0.3) is 10.4 Å². The van der Waals surface area contributed by atoms with Crippen LogP contribution < -0.4 is 0 Å². The zero-order valence-electron chi connectivity index (χ0n) is 26.4. The second-order valence-electron chi connectivity index (χ2n) is 12.6. The summed E-state index contributed by atoms with van der Waals surface area (Å²) in [5.74, 6) is -3.74. The summed E-state index contributed by atoms with van der Waals surface area (Å²) in [5, 5.41) is 4.05. The van der Waals surface area contributed by atoms with E-state index in [0.717, 1.165) is 0 Å². The SMILES string of the molecule is COC(OC)[C@@H]1OC(C)(C)O[C@H]1[C@H](O[C@@H]1O[C@H](COC(C)(C)OC)[C@@H]2OC(C)(C)O[C@@H]2[C@H]1N=[N+]=[N-])[C@H]1COC(C)(C)O1. The van der Waals surface area contributed by atoms with Crippen LogP contribution in [0.2, 0.25) is 0 Å². The standard InChI is InChI=1S/C27H47N3O12/c1-24(2,33-11)34-12-14-18-19(40-26(5,6)39-18)16(29-30-28)22(36-14)37-17(15-13-35-25(3,4)38-15)20-21(23(31-9)32-10)42-27(7,8)41-20/h14-23H,12-13H2,1-11H3/t14-,15-,16-,17-,18+,19-,20+,21-,22+/m1/s1. The van der Waals surface area contributed by atoms with E-state index in [4.69, 9.17) is 56.8 Å². The first-order valence-electron chi connectivity index (χ1n) is 14.2. The largest absolute Gasteiger partial charge is 0.354 e. The van der Waals surface area contributed by atoms with Crippen molar-refractivity contribution in [3.8, 4) is 0 Å². The lowest BCUT2D eigenvalue weighted by Gasteiger charge is -2.43. The third-order valence-electron chi connectivity index (χ3n) is 7.63. The van der Waals surface area contributed by atoms with E-state index in [0.29, 0.717) is 0 Å². The van der Waals surface area contributed by atoms with Crippen LogP contribution in [0.15, 0.2) is 5.11 Å². The van der Waals surface area contributed by atoms with Gasteiger partial charge in [-0.1, -0.05) is 5.11 Å². The van der Waals surface area contributed by atoms with Gasteiger partial charge in [0.25, 0.3) is 0 Å². The lowest BCUT2D eigenvalue weighted by Crippen LogP contribution is -2.60. The minimum Gasteiger partial charge on any atom is -0.354 e. The highest BCUT2D eigenvalue weighted by atomic mass is 16.8. The first-order chi connectivity index (χ1) is 19.5. The van der Waals surface area contributed by atoms with Crippen molar-refractivity contribution in [2.24, 2.45) is 5.11 Å². The summed E-state index contributed by atoms with van der Waals surface area (Å²) in [5.41, 5.74) is 9.55. The number of ether oxygens (including phenoxy) is 12. The fraction of sp³-hybridized carbons (Fsp3) is 1.00. The van der Waals surface area contributed by atoms with E-state index in [9.17, 15) is 5.53 Å². The Morgan fingerprint density at radius 1 is 0.881 bits per heavy atom. The van der Waals surface area contributed by atoms with Crippen molar-refractivity contribution in [2.75, 3.05) is 34.5 Å². The predicted molar refractivity (Wildman–Crippen MR) is 144 cm³/mol. The van der Waals surface area contributed by atoms with Gasteiger partial charge in [-0.15, -0.1) is 0 Å². The molecular weight excluding hydrogens is 558 g/mol. The molecule has 0 saturated carbocycles. The smallest absolute Gasteiger partial charge is 0.185 e. The van der Waals surface area contributed by atoms with Crippen molar-refractivity contribution < 1.29 is 56.8 Å². The molecule has 0 amide bonds. The van der Waals surface area contributed by atoms with E-state index in [1.165, 1.54) is 14.2 Å². The normalized spacial score (nSPS) is 37.9. The van der Waals surface area contributed by atoms with E-state index < -0.39 is 84.5 Å². The maximum Gasteiger partial charge on any atom is 0.185 e. The lowest BCUT2D eigenvalue weighted by atomic mass is 9.96. The molecule has 0 aromatic heterocycles. The minimum absolute atomic E-state index is 0.0825. The van der Waals surface area contributed by atoms with Gasteiger partial charge in [0.2, 0.25) is 0 Å². The van der Waals surface area contributed by atoms with Gasteiger partial charge in [-0.05, 0) is 60.9 Å². The molecule has 9 atom stereocenters. The Morgan fingerprint density at radius 2 is 1.50 bits per heavy atom. The van der Waals surface area contributed by atoms with Gasteiger partial charge in [-0.3, -0.25) is 0 Å². The van der Waals surface area contributed by atoms with Gasteiger partial charge >= 0.3 is 0 Å². The maximum absolute atomic E-state index is 9.55. The number of hydrogen-bond acceptors (Lipinski definition) is 13. The van der Waals surface area contributed by atoms with Crippen LogP contribution in [0.1, 0.15) is 55.4 Å². The second-order valence-corrected chi connectivity index (χ2v) is 12.6. The van der Waals surface area contributed by atoms with Crippen molar-refractivity contribution >= 4 is 0 Å². The molecule has 4 rings (SSSR count). The van der Waals surface area contributed by atoms with Gasteiger partial charge < -0.3 is 56.8 Å². The van der Waals surface area contributed by atoms with Gasteiger partial charge in [0, 0.05) is 26.2 Å². The number of nitrogens with zero attached hydrogens (tertiary/aromatic N) is 3. The monoisotopic (exact) mass is 605 g/mol. The number of hydrogen-bond donors (Lipinski definition) is 0. The molecule has 242 valence electrons. The van der Waals surface area contributed by atoms with Crippen LogP contribution >= 0.6 is 0 Å². The Hall–Kier alpha value is -1.17. The van der Waals surface area contributed by atoms with Crippen LogP contribution in [0, 0.1) is 0 Å². The molecule has 0 aromatic rings. The molecule has 42 heavy (non-hydrogen) atoms. The number of rotatable bonds is 12. The van der Waals surface area contributed by atoms with E-state index in [1.807, 2.05) is 13.8 Å². The molecule has 4 fully saturated rings. The Balaban J connectivity index is 1.69. The summed E-state index contributed by atoms with van der Waals surface area (Å²) >= 11 is 0. The van der Waals surface area contributed by atoms with Crippen molar-refractivity contribution in [1.29, 1.82) is 0 Å². The van der Waals surface area contributed by atoms with Crippen LogP contribution in [0.4, 0.5) is 0 Å². The highest BCUT2D eigenvalue weighted by molar-refractivity contribution is 5.02. The molecule has 0 aliphatic carbocycles. The lowest BCUT2D eigenvalue weighted by molar-refractivity contribution is -0.302. The Labute approximate surface area is 247 Å². The number of azide groups is 1. The van der Waals surface area contributed by atoms with E-state index in [1.54, 1.807) is 48.7 Å². The molecular formula is C27H47N3O12. The molecule has 0 aromatic carbocycles. The topological polar surface area (TPSA) is 160 Å². The molecule has 0 spiro atoms. The Bertz CT molecular complexity index is 970. The fourth-order valence-corrected chi connectivity index (χ4v) is 5.68. The summed E-state index contributed by atoms with van der Waals surface area (Å²) in [7, 11) is 4.58. The molecule has 4 aliphatic rings. The van der Waals surface area contributed by atoms with Crippen LogP contribution in [-0.2, 0) is 56.8 Å². The third kappa shape index (κ3) is 7.54. The zero-order chi connectivity index (χ0) is 31.1. The third-order valence-corrected chi connectivity index (χ3v) is 7.63. The summed E-state index contributed by atoms with van der Waals surface area (Å²) < 4.78 is 73.0. The summed E-state index contributed by atoms with van der Waals surface area (Å²) in [6.07, 6.45) is -6.84. The molecule has 0 unspecified atom stereocenters. The molecule has 15 nitrogen and oxygen atoms in total. The minimum atomic E-state index is -1.12. The molecule has 0 radical (unpaired) electrons. The van der Waals surface area contributed by atoms with Crippen LogP contribution in [0.3, 0.4) is 0 Å². The van der Waals surface area contributed by atoms with Gasteiger partial charge in [0.1, 0.15) is 48.8 Å². The average Bonchev–Trinajstić information content (AvgIpc) is 3.54. The zero-order valence-corrected chi connectivity index (χ0v) is 26.4. The maximum atomic E-state index is 9.55. The predicted octanol–water partition coefficient (Wildman–Crippen LogP) is 2.99. The summed E-state index contributed by atoms with van der Waals surface area (Å²) in [6.45, 7) is 14.6. The quantitative estimate of drug-likeness (QED) is 0.139. The van der Waals surface area contributed by atoms with E-state index in [-0.39, 0.29) is 13.2 Å². The molecule has 0 N–H and O–H groups in total. The van der Waals surface area contributed by atoms with Crippen molar-refractivity contribution in [3.05, 3.63) is 10.4 Å². The second kappa shape index (κ2) is 12.7. The fourth-order valence-electron chi connectivity index (χ4n) is 5.68. The highest BCUT2D eigenvalue weighted by Gasteiger charge is 2.59. The number of methoxy groups -OCH3 is 3. The molecule has 15 heteroatoms. The molecule has 4 aliphatic heterocycles. The highest BCUT2D eigenvalue weighted by Crippen LogP contribution is 2.42. The van der Waals surface area contributed by atoms with Gasteiger partial charge in [-0.2, -0.15) is 0 Å². The molecule has 0 bridgehead atoms. The number of fused-ring (bicyclic) bond motifs is 1. The van der Waals surface area contributed by atoms with Crippen molar-refractivity contribution in [3.63, 3.8) is 0 Å². The van der Waals surface area contributed by atoms with Gasteiger partial charge in [0.15, 0.2) is 35.7 Å². The Kier molecular flexibility index (Phi) is 10.2. The summed E-state index contributed by atoms with van der Waals surface area (Å²) in [4.78, 5) is 3.09. The molecule has 4 saturated heterocycles. The van der Waals surface area contributed by atoms with E-state index >= 15 is 0 Å². The first-order valence-corrected chi connectivity index (χ1v) is 14.2. The van der Waals surface area contributed by atoms with Gasteiger partial charge in [0.05, 0.1) is 13.2 Å². The summed E-state index contributed by atoms with van der Waals surface area (Å²) in [6, 6.07) is -0.930. The van der Waals surface area contributed by atoms with Crippen LogP contribution in [-0.4, -0.2) is 119 Å².